The molecule has 3 aromatic rings. The summed E-state index contributed by atoms with van der Waals surface area (Å²) in [5, 5.41) is 17.9. The number of allylic oxidation sites excluding steroid dienone is 1. The number of halogens is 1. The molecule has 1 aromatic carbocycles. The van der Waals surface area contributed by atoms with Gasteiger partial charge in [0.2, 0.25) is 0 Å². The molecule has 11 heteroatoms. The van der Waals surface area contributed by atoms with Gasteiger partial charge in [-0.1, -0.05) is 11.6 Å². The van der Waals surface area contributed by atoms with E-state index in [4.69, 9.17) is 22.0 Å². The molecule has 2 aromatic heterocycles. The van der Waals surface area contributed by atoms with Crippen molar-refractivity contribution in [1.82, 2.24) is 35.4 Å². The van der Waals surface area contributed by atoms with E-state index in [-0.39, 0.29) is 0 Å². The maximum atomic E-state index is 7.21. The molecule has 2 aliphatic heterocycles. The van der Waals surface area contributed by atoms with E-state index in [1.54, 1.807) is 12.3 Å². The monoisotopic (exact) mass is 550 g/mol. The minimum Gasteiger partial charge on any atom is -0.379 e. The van der Waals surface area contributed by atoms with Crippen molar-refractivity contribution in [2.75, 3.05) is 76.7 Å². The lowest BCUT2D eigenvalue weighted by atomic mass is 10.1. The van der Waals surface area contributed by atoms with Crippen molar-refractivity contribution in [3.8, 4) is 11.4 Å². The molecular formula is C28H39ClN10. The van der Waals surface area contributed by atoms with E-state index < -0.39 is 0 Å². The third kappa shape index (κ3) is 6.63. The molecule has 5 N–H and O–H groups in total. The van der Waals surface area contributed by atoms with E-state index in [0.29, 0.717) is 11.1 Å². The highest BCUT2D eigenvalue weighted by Gasteiger charge is 2.21. The number of nitrogens with zero attached hydrogens (tertiary/aromatic N) is 5. The molecule has 0 spiro atoms. The lowest BCUT2D eigenvalue weighted by Crippen LogP contribution is -2.48. The number of nitrogens with one attached hydrogen (secondary N) is 5. The zero-order valence-corrected chi connectivity index (χ0v) is 23.6. The Labute approximate surface area is 235 Å². The van der Waals surface area contributed by atoms with Gasteiger partial charge in [0.25, 0.3) is 0 Å². The van der Waals surface area contributed by atoms with E-state index in [1.165, 1.54) is 11.9 Å². The van der Waals surface area contributed by atoms with Gasteiger partial charge in [0.15, 0.2) is 5.65 Å². The summed E-state index contributed by atoms with van der Waals surface area (Å²) in [6.07, 6.45) is 6.89. The molecular weight excluding hydrogens is 512 g/mol. The van der Waals surface area contributed by atoms with Crippen LogP contribution in [0.1, 0.15) is 12.8 Å². The summed E-state index contributed by atoms with van der Waals surface area (Å²) >= 11 is 6.57. The second-order valence-corrected chi connectivity index (χ2v) is 10.7. The highest BCUT2D eigenvalue weighted by molar-refractivity contribution is 6.34. The summed E-state index contributed by atoms with van der Waals surface area (Å²) in [6, 6.07) is 9.00. The molecule has 0 aliphatic carbocycles. The van der Waals surface area contributed by atoms with E-state index in [9.17, 15) is 0 Å². The fraction of sp³-hybridized carbons (Fsp3) is 0.464. The highest BCUT2D eigenvalue weighted by atomic mass is 35.5. The fourth-order valence-electron chi connectivity index (χ4n) is 5.28. The Bertz CT molecular complexity index is 1270. The Morgan fingerprint density at radius 3 is 2.56 bits per heavy atom. The summed E-state index contributed by atoms with van der Waals surface area (Å²) in [4.78, 5) is 20.1. The summed E-state index contributed by atoms with van der Waals surface area (Å²) in [5.74, 6) is 1.67. The third-order valence-electron chi connectivity index (χ3n) is 7.68. The van der Waals surface area contributed by atoms with Crippen LogP contribution in [0.25, 0.3) is 22.6 Å². The Kier molecular flexibility index (Phi) is 8.85. The summed E-state index contributed by atoms with van der Waals surface area (Å²) in [5.41, 5.74) is 4.67. The smallest absolute Gasteiger partial charge is 0.159 e. The van der Waals surface area contributed by atoms with Gasteiger partial charge in [-0.05, 0) is 63.3 Å². The van der Waals surface area contributed by atoms with Gasteiger partial charge in [-0.3, -0.25) is 4.90 Å². The van der Waals surface area contributed by atoms with Crippen LogP contribution in [0.3, 0.4) is 0 Å². The topological polar surface area (TPSA) is 111 Å². The van der Waals surface area contributed by atoms with Crippen molar-refractivity contribution in [2.45, 2.75) is 18.9 Å². The zero-order valence-electron chi connectivity index (χ0n) is 22.8. The van der Waals surface area contributed by atoms with E-state index >= 15 is 0 Å². The Morgan fingerprint density at radius 1 is 1.13 bits per heavy atom. The summed E-state index contributed by atoms with van der Waals surface area (Å²) in [6.45, 7) is 8.02. The molecule has 2 fully saturated rings. The molecule has 4 heterocycles. The largest absolute Gasteiger partial charge is 0.379 e. The van der Waals surface area contributed by atoms with Gasteiger partial charge >= 0.3 is 0 Å². The standard InChI is InChI=1S/C28H39ClN10/c1-31-24(7-10-30)32-11-14-38-15-17-39(18-16-38)22-5-3-20(4-6-22)27-35-26-25(23(29)19-33-28(26)36-27)34-21-8-12-37(2)13-9-21/h3-7,10,19,21,30-32H,8-9,11-18H2,1-2H3,(H2,33,34,35,36)/b24-7+,30-10?. The van der Waals surface area contributed by atoms with E-state index in [0.717, 1.165) is 99.3 Å². The van der Waals surface area contributed by atoms with Crippen molar-refractivity contribution < 1.29 is 0 Å². The second kappa shape index (κ2) is 12.7. The number of fused-ring (bicyclic) bond motifs is 1. The first-order valence-electron chi connectivity index (χ1n) is 13.7. The first-order valence-corrected chi connectivity index (χ1v) is 14.1. The molecule has 2 aliphatic rings. The molecule has 0 amide bonds. The number of anilines is 2. The first-order chi connectivity index (χ1) is 19.0. The van der Waals surface area contributed by atoms with Crippen molar-refractivity contribution >= 4 is 40.4 Å². The SMILES string of the molecule is CN/C(=C\C=N)NCCN1CCN(c2ccc(-c3nc4c(NC5CCN(C)CC5)c(Cl)cnc4[nH]3)cc2)CC1. The quantitative estimate of drug-likeness (QED) is 0.245. The molecule has 208 valence electrons. The first kappa shape index (κ1) is 27.2. The molecule has 5 rings (SSSR count). The number of piperidine rings is 1. The van der Waals surface area contributed by atoms with Crippen LogP contribution in [0.15, 0.2) is 42.4 Å². The Morgan fingerprint density at radius 2 is 1.87 bits per heavy atom. The van der Waals surface area contributed by atoms with Gasteiger partial charge in [0, 0.05) is 69.8 Å². The van der Waals surface area contributed by atoms with Crippen LogP contribution in [0.4, 0.5) is 11.4 Å². The average Bonchev–Trinajstić information content (AvgIpc) is 3.40. The maximum absolute atomic E-state index is 7.21. The van der Waals surface area contributed by atoms with Gasteiger partial charge in [-0.15, -0.1) is 0 Å². The van der Waals surface area contributed by atoms with Crippen molar-refractivity contribution in [3.63, 3.8) is 0 Å². The number of aromatic amines is 1. The number of aromatic nitrogens is 3. The van der Waals surface area contributed by atoms with Crippen LogP contribution < -0.4 is 20.9 Å². The molecule has 10 nitrogen and oxygen atoms in total. The summed E-state index contributed by atoms with van der Waals surface area (Å²) < 4.78 is 0. The lowest BCUT2D eigenvalue weighted by Gasteiger charge is -2.36. The zero-order chi connectivity index (χ0) is 27.2. The minimum absolute atomic E-state index is 0.385. The molecule has 0 atom stereocenters. The van der Waals surface area contributed by atoms with Gasteiger partial charge in [-0.2, -0.15) is 0 Å². The van der Waals surface area contributed by atoms with Crippen molar-refractivity contribution in [3.05, 3.63) is 47.4 Å². The van der Waals surface area contributed by atoms with Crippen LogP contribution in [0.5, 0.6) is 0 Å². The molecule has 0 unspecified atom stereocenters. The number of piperazine rings is 1. The predicted octanol–water partition coefficient (Wildman–Crippen LogP) is 3.21. The Balaban J connectivity index is 1.19. The third-order valence-corrected chi connectivity index (χ3v) is 7.96. The van der Waals surface area contributed by atoms with Gasteiger partial charge in [0.1, 0.15) is 11.3 Å². The van der Waals surface area contributed by atoms with E-state index in [1.807, 2.05) is 7.05 Å². The number of likely N-dealkylation sites (tertiary alicyclic amines) is 1. The normalized spacial score (nSPS) is 17.9. The molecule has 2 saturated heterocycles. The predicted molar refractivity (Wildman–Crippen MR) is 161 cm³/mol. The lowest BCUT2D eigenvalue weighted by molar-refractivity contribution is 0.259. The average molecular weight is 551 g/mol. The van der Waals surface area contributed by atoms with Crippen LogP contribution in [0, 0.1) is 5.41 Å². The minimum atomic E-state index is 0.385. The number of H-pyrrole nitrogens is 1. The molecule has 0 radical (unpaired) electrons. The van der Waals surface area contributed by atoms with Gasteiger partial charge < -0.3 is 36.1 Å². The van der Waals surface area contributed by atoms with Crippen LogP contribution >= 0.6 is 11.6 Å². The molecule has 0 bridgehead atoms. The highest BCUT2D eigenvalue weighted by Crippen LogP contribution is 2.32. The maximum Gasteiger partial charge on any atom is 0.159 e. The van der Waals surface area contributed by atoms with Crippen molar-refractivity contribution in [1.29, 1.82) is 5.41 Å². The Hall–Kier alpha value is -3.34. The number of hydrogen-bond acceptors (Lipinski definition) is 9. The van der Waals surface area contributed by atoms with Gasteiger partial charge in [-0.25, -0.2) is 9.97 Å². The number of benzene rings is 1. The fourth-order valence-corrected chi connectivity index (χ4v) is 5.48. The van der Waals surface area contributed by atoms with Crippen LogP contribution in [-0.4, -0.2) is 103 Å². The number of imidazole rings is 1. The number of pyridine rings is 1. The second-order valence-electron chi connectivity index (χ2n) is 10.3. The summed E-state index contributed by atoms with van der Waals surface area (Å²) in [7, 11) is 4.03. The number of hydrogen-bond donors (Lipinski definition) is 5. The van der Waals surface area contributed by atoms with Crippen molar-refractivity contribution in [2.24, 2.45) is 0 Å². The molecule has 39 heavy (non-hydrogen) atoms. The van der Waals surface area contributed by atoms with Crippen LogP contribution in [-0.2, 0) is 0 Å². The number of rotatable bonds is 10. The molecule has 0 saturated carbocycles. The van der Waals surface area contributed by atoms with Gasteiger partial charge in [0.05, 0.1) is 22.7 Å². The van der Waals surface area contributed by atoms with E-state index in [2.05, 4.69) is 71.9 Å². The van der Waals surface area contributed by atoms with Crippen LogP contribution in [0.2, 0.25) is 5.02 Å².